The summed E-state index contributed by atoms with van der Waals surface area (Å²) in [5, 5.41) is 3.27. The first-order valence-electron chi connectivity index (χ1n) is 9.63. The number of guanidine groups is 1. The van der Waals surface area contributed by atoms with Gasteiger partial charge in [0, 0.05) is 38.5 Å². The summed E-state index contributed by atoms with van der Waals surface area (Å²) in [6.45, 7) is 11.6. The number of hydrogen-bond acceptors (Lipinski definition) is 4. The summed E-state index contributed by atoms with van der Waals surface area (Å²) in [4.78, 5) is 20.0. The summed E-state index contributed by atoms with van der Waals surface area (Å²) in [6.07, 6.45) is 7.39. The summed E-state index contributed by atoms with van der Waals surface area (Å²) in [6, 6.07) is 2.33. The lowest BCUT2D eigenvalue weighted by Gasteiger charge is -2.31. The van der Waals surface area contributed by atoms with Crippen molar-refractivity contribution >= 4 is 28.6 Å². The van der Waals surface area contributed by atoms with Crippen molar-refractivity contribution in [3.05, 3.63) is 31.4 Å². The maximum atomic E-state index is 5.44. The highest BCUT2D eigenvalue weighted by molar-refractivity contribution is 6.02. The van der Waals surface area contributed by atoms with Gasteiger partial charge in [-0.25, -0.2) is 20.0 Å². The molecule has 1 saturated heterocycles. The van der Waals surface area contributed by atoms with Gasteiger partial charge in [-0.15, -0.1) is 0 Å². The van der Waals surface area contributed by atoms with Crippen LogP contribution in [0.3, 0.4) is 0 Å². The zero-order valence-corrected chi connectivity index (χ0v) is 17.1. The van der Waals surface area contributed by atoms with Gasteiger partial charge in [-0.3, -0.25) is 0 Å². The molecule has 8 heteroatoms. The van der Waals surface area contributed by atoms with E-state index in [0.29, 0.717) is 18.1 Å². The molecule has 150 valence electrons. The van der Waals surface area contributed by atoms with Gasteiger partial charge in [0.15, 0.2) is 0 Å². The van der Waals surface area contributed by atoms with Crippen LogP contribution in [0.5, 0.6) is 0 Å². The summed E-state index contributed by atoms with van der Waals surface area (Å²) >= 11 is 0. The average Bonchev–Trinajstić information content (AvgIpc) is 3.11. The first kappa shape index (κ1) is 20.0. The number of rotatable bonds is 4. The van der Waals surface area contributed by atoms with Crippen LogP contribution in [0, 0.1) is 0 Å². The molecule has 2 aromatic rings. The standard InChI is InChI=1S/C20H29N7O/c1-6-21-20(26-9-7-16(28-5)8-10-26)25-15(4)24-19-11-18-17(12-22-19)23-13-27(18)14(2)3/h6,11-14,16H,1,7-10H2,2-5H3,(H,21,22,24,25). The molecule has 1 fully saturated rings. The summed E-state index contributed by atoms with van der Waals surface area (Å²) in [7, 11) is 1.76. The second kappa shape index (κ2) is 8.97. The highest BCUT2D eigenvalue weighted by Gasteiger charge is 2.21. The van der Waals surface area contributed by atoms with E-state index in [1.807, 2.05) is 19.3 Å². The topological polar surface area (TPSA) is 79.9 Å². The fourth-order valence-corrected chi connectivity index (χ4v) is 3.33. The fourth-order valence-electron chi connectivity index (χ4n) is 3.33. The Hall–Kier alpha value is -2.74. The Labute approximate surface area is 166 Å². The Morgan fingerprint density at radius 3 is 2.75 bits per heavy atom. The first-order valence-corrected chi connectivity index (χ1v) is 9.63. The van der Waals surface area contributed by atoms with Crippen LogP contribution in [0.2, 0.25) is 0 Å². The van der Waals surface area contributed by atoms with Crippen LogP contribution < -0.4 is 5.32 Å². The van der Waals surface area contributed by atoms with Crippen LogP contribution in [0.25, 0.3) is 11.0 Å². The van der Waals surface area contributed by atoms with Crippen molar-refractivity contribution in [1.29, 1.82) is 0 Å². The Balaban J connectivity index is 1.76. The molecule has 28 heavy (non-hydrogen) atoms. The van der Waals surface area contributed by atoms with Gasteiger partial charge in [0.1, 0.15) is 17.2 Å². The van der Waals surface area contributed by atoms with Crippen LogP contribution in [0.4, 0.5) is 5.82 Å². The number of pyridine rings is 1. The lowest BCUT2D eigenvalue weighted by Crippen LogP contribution is -2.40. The smallest absolute Gasteiger partial charge is 0.226 e. The monoisotopic (exact) mass is 383 g/mol. The third-order valence-electron chi connectivity index (χ3n) is 4.86. The maximum Gasteiger partial charge on any atom is 0.226 e. The number of amidine groups is 1. The van der Waals surface area contributed by atoms with E-state index in [2.05, 4.69) is 55.2 Å². The second-order valence-electron chi connectivity index (χ2n) is 7.16. The van der Waals surface area contributed by atoms with Crippen LogP contribution in [0.15, 0.2) is 41.4 Å². The van der Waals surface area contributed by atoms with Gasteiger partial charge in [0.25, 0.3) is 0 Å². The molecule has 2 aromatic heterocycles. The average molecular weight is 384 g/mol. The van der Waals surface area contributed by atoms with Crippen molar-refractivity contribution in [2.75, 3.05) is 25.5 Å². The van der Waals surface area contributed by atoms with Gasteiger partial charge in [-0.05, 0) is 33.6 Å². The van der Waals surface area contributed by atoms with Crippen molar-refractivity contribution in [2.24, 2.45) is 9.98 Å². The molecular weight excluding hydrogens is 354 g/mol. The zero-order valence-electron chi connectivity index (χ0n) is 17.1. The summed E-state index contributed by atoms with van der Waals surface area (Å²) in [5.74, 6) is 2.10. The minimum atomic E-state index is 0.311. The third-order valence-corrected chi connectivity index (χ3v) is 4.86. The van der Waals surface area contributed by atoms with Gasteiger partial charge < -0.3 is 19.5 Å². The van der Waals surface area contributed by atoms with Crippen LogP contribution in [-0.2, 0) is 4.74 Å². The number of fused-ring (bicyclic) bond motifs is 1. The number of imidazole rings is 1. The second-order valence-corrected chi connectivity index (χ2v) is 7.16. The molecule has 1 aliphatic rings. The Bertz CT molecular complexity index is 876. The molecular formula is C20H29N7O. The van der Waals surface area contributed by atoms with Crippen LogP contribution >= 0.6 is 0 Å². The van der Waals surface area contributed by atoms with E-state index < -0.39 is 0 Å². The number of hydrogen-bond donors (Lipinski definition) is 1. The molecule has 8 nitrogen and oxygen atoms in total. The number of aliphatic imine (C=N–C) groups is 2. The van der Waals surface area contributed by atoms with E-state index in [4.69, 9.17) is 4.74 Å². The van der Waals surface area contributed by atoms with Crippen molar-refractivity contribution < 1.29 is 4.74 Å². The zero-order chi connectivity index (χ0) is 20.1. The number of piperidine rings is 1. The van der Waals surface area contributed by atoms with Gasteiger partial charge in [0.05, 0.1) is 24.1 Å². The predicted octanol–water partition coefficient (Wildman–Crippen LogP) is 3.45. The van der Waals surface area contributed by atoms with Crippen LogP contribution in [0.1, 0.15) is 39.7 Å². The Kier molecular flexibility index (Phi) is 6.41. The molecule has 1 aliphatic heterocycles. The van der Waals surface area contributed by atoms with Crippen LogP contribution in [-0.4, -0.2) is 57.5 Å². The molecule has 0 bridgehead atoms. The SMILES string of the molecule is C=C/N=C(\N=C(/C)Nc1cc2c(cn1)ncn2C(C)C)N1CCC(OC)CC1. The number of nitrogens with one attached hydrogen (secondary N) is 1. The third kappa shape index (κ3) is 4.56. The lowest BCUT2D eigenvalue weighted by molar-refractivity contribution is 0.0576. The van der Waals surface area contributed by atoms with Gasteiger partial charge in [-0.2, -0.15) is 0 Å². The minimum absolute atomic E-state index is 0.311. The van der Waals surface area contributed by atoms with Crippen molar-refractivity contribution in [3.8, 4) is 0 Å². The first-order chi connectivity index (χ1) is 13.5. The van der Waals surface area contributed by atoms with Crippen molar-refractivity contribution in [3.63, 3.8) is 0 Å². The number of methoxy groups -OCH3 is 1. The van der Waals surface area contributed by atoms with E-state index in [1.165, 1.54) is 6.20 Å². The Morgan fingerprint density at radius 2 is 2.11 bits per heavy atom. The summed E-state index contributed by atoms with van der Waals surface area (Å²) < 4.78 is 7.57. The molecule has 0 aromatic carbocycles. The number of nitrogens with zero attached hydrogens (tertiary/aromatic N) is 6. The van der Waals surface area contributed by atoms with E-state index in [0.717, 1.165) is 48.6 Å². The van der Waals surface area contributed by atoms with E-state index in [-0.39, 0.29) is 0 Å². The predicted molar refractivity (Wildman–Crippen MR) is 114 cm³/mol. The van der Waals surface area contributed by atoms with E-state index in [9.17, 15) is 0 Å². The highest BCUT2D eigenvalue weighted by atomic mass is 16.5. The fraction of sp³-hybridized carbons (Fsp3) is 0.500. The Morgan fingerprint density at radius 1 is 1.36 bits per heavy atom. The van der Waals surface area contributed by atoms with E-state index >= 15 is 0 Å². The van der Waals surface area contributed by atoms with Crippen molar-refractivity contribution in [2.45, 2.75) is 45.8 Å². The number of likely N-dealkylation sites (tertiary alicyclic amines) is 1. The summed E-state index contributed by atoms with van der Waals surface area (Å²) in [5.41, 5.74) is 1.92. The molecule has 0 amide bonds. The normalized spacial score (nSPS) is 16.8. The van der Waals surface area contributed by atoms with E-state index in [1.54, 1.807) is 13.3 Å². The number of ether oxygens (including phenoxy) is 1. The van der Waals surface area contributed by atoms with Gasteiger partial charge in [-0.1, -0.05) is 6.58 Å². The van der Waals surface area contributed by atoms with Gasteiger partial charge in [0.2, 0.25) is 5.96 Å². The molecule has 0 aliphatic carbocycles. The minimum Gasteiger partial charge on any atom is -0.381 e. The maximum absolute atomic E-state index is 5.44. The molecule has 0 saturated carbocycles. The molecule has 1 N–H and O–H groups in total. The molecule has 3 rings (SSSR count). The molecule has 0 radical (unpaired) electrons. The number of aromatic nitrogens is 3. The number of anilines is 1. The van der Waals surface area contributed by atoms with Gasteiger partial charge >= 0.3 is 0 Å². The van der Waals surface area contributed by atoms with Crippen molar-refractivity contribution in [1.82, 2.24) is 19.4 Å². The largest absolute Gasteiger partial charge is 0.381 e. The highest BCUT2D eigenvalue weighted by Crippen LogP contribution is 2.19. The molecule has 3 heterocycles. The quantitative estimate of drug-likeness (QED) is 0.646. The molecule has 0 unspecified atom stereocenters. The molecule has 0 spiro atoms. The molecule has 0 atom stereocenters. The lowest BCUT2D eigenvalue weighted by atomic mass is 10.1.